The van der Waals surface area contributed by atoms with Crippen molar-refractivity contribution >= 4 is 40.4 Å². The Balaban J connectivity index is 1.72. The van der Waals surface area contributed by atoms with E-state index in [1.807, 2.05) is 54.6 Å². The fraction of sp³-hybridized carbons (Fsp3) is 0.148. The standard InChI is InChI=1S/C27H25N3O4/c1-2-34-27(33)19-11-14-21-22(16-19)30-26(32)24(21)25(18-6-4-3-5-7-18)29-20-12-8-17(9-13-20)10-15-23(28)31/h3-9,11-14,16,29H,2,10,15H2,1H3,(H2,28,31)(H,30,32)/b25-24+. The summed E-state index contributed by atoms with van der Waals surface area (Å²) >= 11 is 0. The van der Waals surface area contributed by atoms with Crippen molar-refractivity contribution in [3.05, 3.63) is 95.1 Å². The molecule has 7 nitrogen and oxygen atoms in total. The third-order valence-electron chi connectivity index (χ3n) is 5.47. The summed E-state index contributed by atoms with van der Waals surface area (Å²) in [6.45, 7) is 2.02. The predicted molar refractivity (Wildman–Crippen MR) is 132 cm³/mol. The Hall–Kier alpha value is -4.39. The van der Waals surface area contributed by atoms with Gasteiger partial charge in [0.2, 0.25) is 5.91 Å². The van der Waals surface area contributed by atoms with Crippen molar-refractivity contribution in [1.82, 2.24) is 0 Å². The van der Waals surface area contributed by atoms with E-state index in [9.17, 15) is 14.4 Å². The number of fused-ring (bicyclic) bond motifs is 1. The van der Waals surface area contributed by atoms with Gasteiger partial charge in [-0.15, -0.1) is 0 Å². The van der Waals surface area contributed by atoms with Crippen molar-refractivity contribution in [2.75, 3.05) is 17.2 Å². The second kappa shape index (κ2) is 10.0. The van der Waals surface area contributed by atoms with Gasteiger partial charge in [-0.3, -0.25) is 9.59 Å². The topological polar surface area (TPSA) is 111 Å². The van der Waals surface area contributed by atoms with E-state index < -0.39 is 5.97 Å². The Morgan fingerprint density at radius 2 is 1.71 bits per heavy atom. The lowest BCUT2D eigenvalue weighted by atomic mass is 9.99. The minimum atomic E-state index is -0.435. The third-order valence-corrected chi connectivity index (χ3v) is 5.47. The molecule has 1 aliphatic rings. The zero-order chi connectivity index (χ0) is 24.1. The van der Waals surface area contributed by atoms with Crippen LogP contribution in [-0.4, -0.2) is 24.4 Å². The fourth-order valence-corrected chi connectivity index (χ4v) is 3.81. The molecule has 4 N–H and O–H groups in total. The molecule has 3 aromatic carbocycles. The highest BCUT2D eigenvalue weighted by molar-refractivity contribution is 6.37. The van der Waals surface area contributed by atoms with Crippen molar-refractivity contribution in [2.24, 2.45) is 5.73 Å². The molecule has 3 aromatic rings. The van der Waals surface area contributed by atoms with Gasteiger partial charge in [-0.2, -0.15) is 0 Å². The Morgan fingerprint density at radius 3 is 2.38 bits per heavy atom. The summed E-state index contributed by atoms with van der Waals surface area (Å²) in [4.78, 5) is 36.3. The van der Waals surface area contributed by atoms with E-state index in [0.717, 1.165) is 16.8 Å². The van der Waals surface area contributed by atoms with E-state index in [4.69, 9.17) is 10.5 Å². The average molecular weight is 456 g/mol. The number of rotatable bonds is 8. The van der Waals surface area contributed by atoms with Crippen LogP contribution in [0.5, 0.6) is 0 Å². The lowest BCUT2D eigenvalue weighted by Crippen LogP contribution is -2.11. The van der Waals surface area contributed by atoms with Crippen molar-refractivity contribution in [2.45, 2.75) is 19.8 Å². The van der Waals surface area contributed by atoms with Gasteiger partial charge in [-0.05, 0) is 48.7 Å². The highest BCUT2D eigenvalue weighted by atomic mass is 16.5. The van der Waals surface area contributed by atoms with Gasteiger partial charge in [0.15, 0.2) is 0 Å². The van der Waals surface area contributed by atoms with Crippen molar-refractivity contribution in [1.29, 1.82) is 0 Å². The van der Waals surface area contributed by atoms with Crippen LogP contribution in [0.15, 0.2) is 72.8 Å². The number of ether oxygens (including phenoxy) is 1. The van der Waals surface area contributed by atoms with E-state index in [1.165, 1.54) is 0 Å². The van der Waals surface area contributed by atoms with Gasteiger partial charge in [-0.1, -0.05) is 48.5 Å². The zero-order valence-corrected chi connectivity index (χ0v) is 18.8. The second-order valence-corrected chi connectivity index (χ2v) is 7.84. The van der Waals surface area contributed by atoms with E-state index in [-0.39, 0.29) is 24.8 Å². The first-order valence-corrected chi connectivity index (χ1v) is 11.0. The zero-order valence-electron chi connectivity index (χ0n) is 18.8. The molecule has 0 radical (unpaired) electrons. The highest BCUT2D eigenvalue weighted by Gasteiger charge is 2.29. The van der Waals surface area contributed by atoms with Crippen LogP contribution in [-0.2, 0) is 20.7 Å². The molecule has 1 heterocycles. The molecule has 0 atom stereocenters. The number of aryl methyl sites for hydroxylation is 1. The maximum atomic E-state index is 13.1. The number of hydrogen-bond donors (Lipinski definition) is 3. The van der Waals surface area contributed by atoms with Gasteiger partial charge < -0.3 is 21.1 Å². The van der Waals surface area contributed by atoms with Crippen molar-refractivity contribution in [3.63, 3.8) is 0 Å². The lowest BCUT2D eigenvalue weighted by molar-refractivity contribution is -0.118. The molecule has 1 aliphatic heterocycles. The van der Waals surface area contributed by atoms with Crippen LogP contribution in [0.1, 0.15) is 40.4 Å². The molecule has 0 bridgehead atoms. The quantitative estimate of drug-likeness (QED) is 0.348. The molecule has 7 heteroatoms. The van der Waals surface area contributed by atoms with Crippen LogP contribution in [0.3, 0.4) is 0 Å². The van der Waals surface area contributed by atoms with Gasteiger partial charge in [0, 0.05) is 17.7 Å². The minimum absolute atomic E-state index is 0.263. The van der Waals surface area contributed by atoms with Gasteiger partial charge in [0.1, 0.15) is 0 Å². The van der Waals surface area contributed by atoms with Gasteiger partial charge >= 0.3 is 5.97 Å². The molecule has 0 fully saturated rings. The van der Waals surface area contributed by atoms with Crippen LogP contribution >= 0.6 is 0 Å². The number of esters is 1. The van der Waals surface area contributed by atoms with Crippen LogP contribution < -0.4 is 16.4 Å². The number of primary amides is 1. The minimum Gasteiger partial charge on any atom is -0.462 e. The number of hydrogen-bond acceptors (Lipinski definition) is 5. The maximum absolute atomic E-state index is 13.1. The summed E-state index contributed by atoms with van der Waals surface area (Å²) in [6.07, 6.45) is 0.859. The molecule has 0 saturated heterocycles. The fourth-order valence-electron chi connectivity index (χ4n) is 3.81. The highest BCUT2D eigenvalue weighted by Crippen LogP contribution is 2.38. The Labute approximate surface area is 197 Å². The number of carbonyl (C=O) groups excluding carboxylic acids is 3. The van der Waals surface area contributed by atoms with Crippen LogP contribution in [0.2, 0.25) is 0 Å². The molecule has 0 spiro atoms. The summed E-state index contributed by atoms with van der Waals surface area (Å²) in [7, 11) is 0. The first kappa shape index (κ1) is 22.8. The van der Waals surface area contributed by atoms with Crippen LogP contribution in [0, 0.1) is 0 Å². The Bertz CT molecular complexity index is 1260. The molecule has 34 heavy (non-hydrogen) atoms. The van der Waals surface area contributed by atoms with E-state index >= 15 is 0 Å². The molecule has 172 valence electrons. The number of benzene rings is 3. The molecule has 2 amide bonds. The first-order valence-electron chi connectivity index (χ1n) is 11.0. The summed E-state index contributed by atoms with van der Waals surface area (Å²) in [5.41, 5.74) is 10.6. The van der Waals surface area contributed by atoms with Crippen molar-refractivity contribution < 1.29 is 19.1 Å². The Kier molecular flexibility index (Phi) is 6.73. The molecular formula is C27H25N3O4. The monoisotopic (exact) mass is 455 g/mol. The molecule has 0 unspecified atom stereocenters. The van der Waals surface area contributed by atoms with E-state index in [0.29, 0.717) is 34.5 Å². The largest absolute Gasteiger partial charge is 0.462 e. The lowest BCUT2D eigenvalue weighted by Gasteiger charge is -2.15. The second-order valence-electron chi connectivity index (χ2n) is 7.84. The third kappa shape index (κ3) is 4.99. The van der Waals surface area contributed by atoms with E-state index in [2.05, 4.69) is 10.6 Å². The summed E-state index contributed by atoms with van der Waals surface area (Å²) in [5.74, 6) is -1.04. The number of nitrogens with one attached hydrogen (secondary N) is 2. The number of anilines is 2. The molecule has 0 saturated carbocycles. The molecule has 0 aromatic heterocycles. The normalized spacial score (nSPS) is 13.6. The van der Waals surface area contributed by atoms with E-state index in [1.54, 1.807) is 25.1 Å². The van der Waals surface area contributed by atoms with Crippen LogP contribution in [0.25, 0.3) is 11.3 Å². The molecule has 0 aliphatic carbocycles. The van der Waals surface area contributed by atoms with Gasteiger partial charge in [-0.25, -0.2) is 4.79 Å². The maximum Gasteiger partial charge on any atom is 0.338 e. The number of amides is 2. The average Bonchev–Trinajstić information content (AvgIpc) is 3.17. The smallest absolute Gasteiger partial charge is 0.338 e. The first-order chi connectivity index (χ1) is 16.5. The number of carbonyl (C=O) groups is 3. The summed E-state index contributed by atoms with van der Waals surface area (Å²) in [5, 5.41) is 6.26. The summed E-state index contributed by atoms with van der Waals surface area (Å²) in [6, 6.07) is 22.3. The molecule has 4 rings (SSSR count). The molecular weight excluding hydrogens is 430 g/mol. The van der Waals surface area contributed by atoms with Crippen molar-refractivity contribution in [3.8, 4) is 0 Å². The number of nitrogens with two attached hydrogens (primary N) is 1. The van der Waals surface area contributed by atoms with Gasteiger partial charge in [0.05, 0.1) is 29.1 Å². The predicted octanol–water partition coefficient (Wildman–Crippen LogP) is 4.21. The SMILES string of the molecule is CCOC(=O)c1ccc2c(c1)NC(=O)/C2=C(/Nc1ccc(CCC(N)=O)cc1)c1ccccc1. The Morgan fingerprint density at radius 1 is 0.971 bits per heavy atom. The van der Waals surface area contributed by atoms with Gasteiger partial charge in [0.25, 0.3) is 5.91 Å². The van der Waals surface area contributed by atoms with Crippen LogP contribution in [0.4, 0.5) is 11.4 Å². The summed E-state index contributed by atoms with van der Waals surface area (Å²) < 4.78 is 5.08.